The Hall–Kier alpha value is -3.47. The minimum atomic E-state index is -3.39. The number of benzene rings is 2. The second-order valence-corrected chi connectivity index (χ2v) is 7.46. The van der Waals surface area contributed by atoms with E-state index in [0.717, 1.165) is 12.3 Å². The monoisotopic (exact) mass is 392 g/mol. The number of anilines is 1. The third-order valence-electron chi connectivity index (χ3n) is 3.56. The van der Waals surface area contributed by atoms with E-state index in [1.54, 1.807) is 7.05 Å². The summed E-state index contributed by atoms with van der Waals surface area (Å²) in [6.07, 6.45) is 1.04. The van der Waals surface area contributed by atoms with Gasteiger partial charge in [0.2, 0.25) is 0 Å². The van der Waals surface area contributed by atoms with Gasteiger partial charge >= 0.3 is 0 Å². The van der Waals surface area contributed by atoms with Crippen LogP contribution in [0.5, 0.6) is 0 Å². The van der Waals surface area contributed by atoms with E-state index in [4.69, 9.17) is 0 Å². The molecule has 0 radical (unpaired) electrons. The van der Waals surface area contributed by atoms with Gasteiger partial charge in [0.15, 0.2) is 9.84 Å². The Morgan fingerprint density at radius 3 is 2.11 bits per heavy atom. The molecule has 10 nitrogen and oxygen atoms in total. The number of hydrogen-bond donors (Lipinski definition) is 3. The van der Waals surface area contributed by atoms with E-state index < -0.39 is 26.6 Å². The largest absolute Gasteiger partial charge is 0.387 e. The summed E-state index contributed by atoms with van der Waals surface area (Å²) in [5.41, 5.74) is 4.49. The number of rotatable bonds is 5. The van der Waals surface area contributed by atoms with Crippen LogP contribution in [0.25, 0.3) is 0 Å². The predicted octanol–water partition coefficient (Wildman–Crippen LogP) is 1.11. The van der Waals surface area contributed by atoms with E-state index in [1.807, 2.05) is 0 Å². The van der Waals surface area contributed by atoms with E-state index in [-0.39, 0.29) is 21.7 Å². The lowest BCUT2D eigenvalue weighted by Gasteiger charge is -2.11. The van der Waals surface area contributed by atoms with Crippen LogP contribution in [0.1, 0.15) is 20.7 Å². The molecule has 0 aromatic heterocycles. The lowest BCUT2D eigenvalue weighted by molar-refractivity contribution is -0.384. The highest BCUT2D eigenvalue weighted by Crippen LogP contribution is 2.21. The third-order valence-corrected chi connectivity index (χ3v) is 4.69. The quantitative estimate of drug-likeness (QED) is 0.510. The lowest BCUT2D eigenvalue weighted by Crippen LogP contribution is -2.41. The maximum Gasteiger partial charge on any atom is 0.272 e. The SMILES string of the molecule is CNc1ccc([N+](=O)[O-])cc1C(=O)NNC(=O)c1ccc(S(C)(=O)=O)cc1. The minimum Gasteiger partial charge on any atom is -0.387 e. The standard InChI is InChI=1S/C16H16N4O6S/c1-17-14-8-5-11(20(23)24)9-13(14)16(22)19-18-15(21)10-3-6-12(7-4-10)27(2,25)26/h3-9,17H,1-2H3,(H,18,21)(H,19,22). The fraction of sp³-hybridized carbons (Fsp3) is 0.125. The van der Waals surface area contributed by atoms with Crippen LogP contribution in [-0.4, -0.2) is 38.5 Å². The van der Waals surface area contributed by atoms with E-state index in [2.05, 4.69) is 16.2 Å². The summed E-state index contributed by atoms with van der Waals surface area (Å²) >= 11 is 0. The highest BCUT2D eigenvalue weighted by Gasteiger charge is 2.17. The summed E-state index contributed by atoms with van der Waals surface area (Å²) in [7, 11) is -1.85. The Labute approximate surface area is 154 Å². The number of carbonyl (C=O) groups excluding carboxylic acids is 2. The summed E-state index contributed by atoms with van der Waals surface area (Å²) in [6.45, 7) is 0. The molecule has 0 saturated carbocycles. The van der Waals surface area contributed by atoms with E-state index in [9.17, 15) is 28.1 Å². The third kappa shape index (κ3) is 4.79. The minimum absolute atomic E-state index is 0.0283. The maximum atomic E-state index is 12.3. The number of nitrogens with zero attached hydrogens (tertiary/aromatic N) is 1. The van der Waals surface area contributed by atoms with Crippen molar-refractivity contribution in [2.75, 3.05) is 18.6 Å². The van der Waals surface area contributed by atoms with Crippen LogP contribution in [0.15, 0.2) is 47.4 Å². The molecule has 2 amide bonds. The van der Waals surface area contributed by atoms with Gasteiger partial charge in [0.1, 0.15) is 0 Å². The maximum absolute atomic E-state index is 12.3. The van der Waals surface area contributed by atoms with Gasteiger partial charge in [-0.3, -0.25) is 30.6 Å². The summed E-state index contributed by atoms with van der Waals surface area (Å²) in [6, 6.07) is 8.82. The molecule has 142 valence electrons. The van der Waals surface area contributed by atoms with Gasteiger partial charge in [0, 0.05) is 36.7 Å². The van der Waals surface area contributed by atoms with Crippen LogP contribution in [0, 0.1) is 10.1 Å². The number of nitro benzene ring substituents is 1. The first-order valence-corrected chi connectivity index (χ1v) is 9.39. The zero-order valence-corrected chi connectivity index (χ0v) is 15.2. The van der Waals surface area contributed by atoms with Gasteiger partial charge in [0.25, 0.3) is 17.5 Å². The van der Waals surface area contributed by atoms with Gasteiger partial charge in [-0.25, -0.2) is 8.42 Å². The normalized spacial score (nSPS) is 10.7. The molecule has 0 aliphatic heterocycles. The lowest BCUT2D eigenvalue weighted by atomic mass is 10.1. The first kappa shape index (κ1) is 19.8. The average molecular weight is 392 g/mol. The summed E-state index contributed by atoms with van der Waals surface area (Å²) < 4.78 is 22.8. The zero-order valence-electron chi connectivity index (χ0n) is 14.3. The van der Waals surface area contributed by atoms with Crippen molar-refractivity contribution < 1.29 is 22.9 Å². The van der Waals surface area contributed by atoms with Crippen molar-refractivity contribution in [1.29, 1.82) is 0 Å². The van der Waals surface area contributed by atoms with Gasteiger partial charge in [-0.2, -0.15) is 0 Å². The molecule has 0 fully saturated rings. The van der Waals surface area contributed by atoms with Gasteiger partial charge < -0.3 is 5.32 Å². The Morgan fingerprint density at radius 1 is 1.00 bits per heavy atom. The van der Waals surface area contributed by atoms with Crippen molar-refractivity contribution >= 4 is 33.0 Å². The predicted molar refractivity (Wildman–Crippen MR) is 97.1 cm³/mol. The molecule has 27 heavy (non-hydrogen) atoms. The number of non-ortho nitro benzene ring substituents is 1. The van der Waals surface area contributed by atoms with Crippen LogP contribution in [0.3, 0.4) is 0 Å². The molecule has 0 aliphatic rings. The van der Waals surface area contributed by atoms with Crippen molar-refractivity contribution in [3.63, 3.8) is 0 Å². The molecule has 0 spiro atoms. The van der Waals surface area contributed by atoms with E-state index >= 15 is 0 Å². The number of nitro groups is 1. The summed E-state index contributed by atoms with van der Waals surface area (Å²) in [5, 5.41) is 13.6. The van der Waals surface area contributed by atoms with Crippen LogP contribution < -0.4 is 16.2 Å². The molecule has 0 aliphatic carbocycles. The van der Waals surface area contributed by atoms with Crippen molar-refractivity contribution in [2.45, 2.75) is 4.90 Å². The molecular weight excluding hydrogens is 376 g/mol. The van der Waals surface area contributed by atoms with Crippen molar-refractivity contribution in [3.8, 4) is 0 Å². The first-order valence-electron chi connectivity index (χ1n) is 7.50. The van der Waals surface area contributed by atoms with E-state index in [0.29, 0.717) is 5.69 Å². The van der Waals surface area contributed by atoms with Crippen LogP contribution in [0.4, 0.5) is 11.4 Å². The Morgan fingerprint density at radius 2 is 1.59 bits per heavy atom. The molecule has 0 saturated heterocycles. The average Bonchev–Trinajstić information content (AvgIpc) is 2.64. The Balaban J connectivity index is 2.12. The van der Waals surface area contributed by atoms with Gasteiger partial charge in [0.05, 0.1) is 15.4 Å². The second-order valence-electron chi connectivity index (χ2n) is 5.44. The smallest absolute Gasteiger partial charge is 0.272 e. The van der Waals surface area contributed by atoms with Crippen molar-refractivity contribution in [3.05, 3.63) is 63.7 Å². The van der Waals surface area contributed by atoms with Gasteiger partial charge in [-0.15, -0.1) is 0 Å². The van der Waals surface area contributed by atoms with Crippen LogP contribution in [0.2, 0.25) is 0 Å². The van der Waals surface area contributed by atoms with Crippen LogP contribution >= 0.6 is 0 Å². The Kier molecular flexibility index (Phi) is 5.75. The highest BCUT2D eigenvalue weighted by atomic mass is 32.2. The number of hydrazine groups is 1. The highest BCUT2D eigenvalue weighted by molar-refractivity contribution is 7.90. The summed E-state index contributed by atoms with van der Waals surface area (Å²) in [5.74, 6) is -1.44. The molecule has 2 aromatic rings. The number of amides is 2. The molecule has 0 atom stereocenters. The number of sulfone groups is 1. The molecule has 11 heteroatoms. The van der Waals surface area contributed by atoms with E-state index in [1.165, 1.54) is 36.4 Å². The van der Waals surface area contributed by atoms with Gasteiger partial charge in [-0.05, 0) is 30.3 Å². The molecule has 2 aromatic carbocycles. The number of hydrogen-bond acceptors (Lipinski definition) is 7. The van der Waals surface area contributed by atoms with Crippen molar-refractivity contribution in [1.82, 2.24) is 10.9 Å². The first-order chi connectivity index (χ1) is 12.6. The fourth-order valence-electron chi connectivity index (χ4n) is 2.16. The number of nitrogens with one attached hydrogen (secondary N) is 3. The molecule has 0 bridgehead atoms. The van der Waals surface area contributed by atoms with Crippen LogP contribution in [-0.2, 0) is 9.84 Å². The Bertz CT molecular complexity index is 1000. The zero-order chi connectivity index (χ0) is 20.2. The molecule has 2 rings (SSSR count). The fourth-order valence-corrected chi connectivity index (χ4v) is 2.79. The molecular formula is C16H16N4O6S. The second kappa shape index (κ2) is 7.83. The van der Waals surface area contributed by atoms with Crippen molar-refractivity contribution in [2.24, 2.45) is 0 Å². The molecule has 0 heterocycles. The summed E-state index contributed by atoms with van der Waals surface area (Å²) in [4.78, 5) is 34.6. The topological polar surface area (TPSA) is 148 Å². The van der Waals surface area contributed by atoms with Gasteiger partial charge in [-0.1, -0.05) is 0 Å². The number of carbonyl (C=O) groups is 2. The molecule has 3 N–H and O–H groups in total. The molecule has 0 unspecified atom stereocenters.